The number of phenols is 1. The number of aromatic hydroxyl groups is 1. The highest BCUT2D eigenvalue weighted by molar-refractivity contribution is 5.73. The van der Waals surface area contributed by atoms with Crippen molar-refractivity contribution in [2.75, 3.05) is 0 Å². The van der Waals surface area contributed by atoms with E-state index in [0.29, 0.717) is 11.6 Å². The van der Waals surface area contributed by atoms with Gasteiger partial charge in [0.1, 0.15) is 11.5 Å². The lowest BCUT2D eigenvalue weighted by Crippen LogP contribution is -2.17. The molecule has 0 bridgehead atoms. The summed E-state index contributed by atoms with van der Waals surface area (Å²) in [6, 6.07) is 23.5. The third-order valence-corrected chi connectivity index (χ3v) is 5.80. The van der Waals surface area contributed by atoms with E-state index in [4.69, 9.17) is 9.72 Å². The van der Waals surface area contributed by atoms with Crippen LogP contribution in [0.4, 0.5) is 0 Å². The number of pyridine rings is 2. The second-order valence-corrected chi connectivity index (χ2v) is 10.6. The first-order valence-electron chi connectivity index (χ1n) is 11.6. The zero-order valence-electron chi connectivity index (χ0n) is 20.8. The van der Waals surface area contributed by atoms with Crippen molar-refractivity contribution in [3.63, 3.8) is 0 Å². The molecule has 4 aromatic rings. The van der Waals surface area contributed by atoms with Gasteiger partial charge in [-0.25, -0.2) is 9.97 Å². The van der Waals surface area contributed by atoms with Gasteiger partial charge in [-0.3, -0.25) is 0 Å². The molecular formula is C30H32N2O2. The van der Waals surface area contributed by atoms with Gasteiger partial charge in [-0.05, 0) is 52.8 Å². The number of aromatic nitrogens is 2. The minimum Gasteiger partial charge on any atom is -0.507 e. The largest absolute Gasteiger partial charge is 0.507 e. The van der Waals surface area contributed by atoms with Crippen molar-refractivity contribution in [2.45, 2.75) is 52.4 Å². The average Bonchev–Trinajstić information content (AvgIpc) is 2.78. The standard InChI is InChI=1S/C30H32N2O2/c1-29(2,3)21-18-23(28(33)24(19-21)30(4,5)6)26-14-10-13-25(32-26)20-11-9-12-22(17-20)34-27-15-7-8-16-31-27/h7-19,33H,1-6H3. The van der Waals surface area contributed by atoms with Gasteiger partial charge in [-0.15, -0.1) is 0 Å². The van der Waals surface area contributed by atoms with Crippen LogP contribution in [0.5, 0.6) is 17.4 Å². The molecule has 2 aromatic heterocycles. The molecule has 4 nitrogen and oxygen atoms in total. The van der Waals surface area contributed by atoms with Gasteiger partial charge in [-0.1, -0.05) is 71.9 Å². The predicted molar refractivity (Wildman–Crippen MR) is 138 cm³/mol. The highest BCUT2D eigenvalue weighted by atomic mass is 16.5. The fourth-order valence-electron chi connectivity index (χ4n) is 3.83. The van der Waals surface area contributed by atoms with Crippen LogP contribution in [0.15, 0.2) is 79.0 Å². The fraction of sp³-hybridized carbons (Fsp3) is 0.267. The quantitative estimate of drug-likeness (QED) is 0.342. The van der Waals surface area contributed by atoms with Crippen molar-refractivity contribution in [3.05, 3.63) is 90.1 Å². The number of phenolic OH excluding ortho intramolecular Hbond substituents is 1. The third-order valence-electron chi connectivity index (χ3n) is 5.80. The van der Waals surface area contributed by atoms with Crippen molar-refractivity contribution >= 4 is 0 Å². The molecule has 2 aromatic carbocycles. The Morgan fingerprint density at radius 2 is 1.47 bits per heavy atom. The van der Waals surface area contributed by atoms with Crippen LogP contribution in [0.3, 0.4) is 0 Å². The Labute approximate surface area is 202 Å². The summed E-state index contributed by atoms with van der Waals surface area (Å²) in [5, 5.41) is 11.3. The molecule has 4 rings (SSSR count). The van der Waals surface area contributed by atoms with E-state index >= 15 is 0 Å². The number of benzene rings is 2. The zero-order valence-corrected chi connectivity index (χ0v) is 20.8. The molecule has 0 amide bonds. The summed E-state index contributed by atoms with van der Waals surface area (Å²) in [6.45, 7) is 12.9. The Kier molecular flexibility index (Phi) is 6.18. The summed E-state index contributed by atoms with van der Waals surface area (Å²) in [7, 11) is 0. The Balaban J connectivity index is 1.77. The van der Waals surface area contributed by atoms with Crippen molar-refractivity contribution in [1.82, 2.24) is 9.97 Å². The van der Waals surface area contributed by atoms with Crippen LogP contribution in [0, 0.1) is 0 Å². The highest BCUT2D eigenvalue weighted by Gasteiger charge is 2.26. The molecule has 0 unspecified atom stereocenters. The lowest BCUT2D eigenvalue weighted by atomic mass is 9.78. The topological polar surface area (TPSA) is 55.2 Å². The van der Waals surface area contributed by atoms with Crippen LogP contribution in [0.25, 0.3) is 22.5 Å². The SMILES string of the molecule is CC(C)(C)c1cc(-c2cccc(-c3cccc(Oc4ccccn4)c3)n2)c(O)c(C(C)(C)C)c1. The molecule has 0 aliphatic heterocycles. The van der Waals surface area contributed by atoms with Gasteiger partial charge < -0.3 is 9.84 Å². The minimum atomic E-state index is -0.200. The van der Waals surface area contributed by atoms with Crippen LogP contribution in [-0.2, 0) is 10.8 Å². The molecule has 4 heteroatoms. The first-order chi connectivity index (χ1) is 16.0. The Hall–Kier alpha value is -3.66. The summed E-state index contributed by atoms with van der Waals surface area (Å²) >= 11 is 0. The van der Waals surface area contributed by atoms with E-state index in [-0.39, 0.29) is 16.6 Å². The summed E-state index contributed by atoms with van der Waals surface area (Å²) in [4.78, 5) is 9.17. The van der Waals surface area contributed by atoms with E-state index in [1.165, 1.54) is 5.56 Å². The molecule has 0 radical (unpaired) electrons. The lowest BCUT2D eigenvalue weighted by Gasteiger charge is -2.27. The lowest BCUT2D eigenvalue weighted by molar-refractivity contribution is 0.446. The van der Waals surface area contributed by atoms with Gasteiger partial charge in [0.15, 0.2) is 0 Å². The molecule has 34 heavy (non-hydrogen) atoms. The molecule has 0 saturated heterocycles. The molecule has 0 spiro atoms. The van der Waals surface area contributed by atoms with E-state index in [9.17, 15) is 5.11 Å². The minimum absolute atomic E-state index is 0.0583. The summed E-state index contributed by atoms with van der Waals surface area (Å²) in [6.07, 6.45) is 1.70. The molecule has 174 valence electrons. The fourth-order valence-corrected chi connectivity index (χ4v) is 3.83. The first kappa shape index (κ1) is 23.5. The molecule has 0 aliphatic rings. The zero-order chi connectivity index (χ0) is 24.5. The first-order valence-corrected chi connectivity index (χ1v) is 11.6. The summed E-state index contributed by atoms with van der Waals surface area (Å²) in [5.74, 6) is 1.52. The summed E-state index contributed by atoms with van der Waals surface area (Å²) in [5.41, 5.74) is 5.06. The van der Waals surface area contributed by atoms with Gasteiger partial charge in [-0.2, -0.15) is 0 Å². The smallest absolute Gasteiger partial charge is 0.219 e. The maximum Gasteiger partial charge on any atom is 0.219 e. The molecule has 1 N–H and O–H groups in total. The van der Waals surface area contributed by atoms with E-state index in [0.717, 1.165) is 28.1 Å². The summed E-state index contributed by atoms with van der Waals surface area (Å²) < 4.78 is 5.90. The van der Waals surface area contributed by atoms with Gasteiger partial charge in [0, 0.05) is 29.0 Å². The van der Waals surface area contributed by atoms with E-state index in [2.05, 4.69) is 58.7 Å². The van der Waals surface area contributed by atoms with Crippen LogP contribution in [-0.4, -0.2) is 15.1 Å². The average molecular weight is 453 g/mol. The van der Waals surface area contributed by atoms with E-state index in [1.807, 2.05) is 60.7 Å². The van der Waals surface area contributed by atoms with Crippen LogP contribution < -0.4 is 4.74 Å². The second kappa shape index (κ2) is 8.94. The van der Waals surface area contributed by atoms with Crippen molar-refractivity contribution < 1.29 is 9.84 Å². The van der Waals surface area contributed by atoms with Crippen LogP contribution in [0.2, 0.25) is 0 Å². The van der Waals surface area contributed by atoms with Crippen molar-refractivity contribution in [2.24, 2.45) is 0 Å². The molecule has 2 heterocycles. The van der Waals surface area contributed by atoms with Crippen molar-refractivity contribution in [3.8, 4) is 39.9 Å². The molecule has 0 aliphatic carbocycles. The predicted octanol–water partition coefficient (Wildman–Crippen LogP) is 7.90. The third kappa shape index (κ3) is 5.12. The van der Waals surface area contributed by atoms with Gasteiger partial charge in [0.2, 0.25) is 5.88 Å². The number of ether oxygens (including phenoxy) is 1. The Bertz CT molecular complexity index is 1300. The number of rotatable bonds is 4. The van der Waals surface area contributed by atoms with Crippen LogP contribution in [0.1, 0.15) is 52.7 Å². The second-order valence-electron chi connectivity index (χ2n) is 10.6. The molecule has 0 atom stereocenters. The number of hydrogen-bond donors (Lipinski definition) is 1. The van der Waals surface area contributed by atoms with Crippen LogP contribution >= 0.6 is 0 Å². The monoisotopic (exact) mass is 452 g/mol. The number of hydrogen-bond acceptors (Lipinski definition) is 4. The van der Waals surface area contributed by atoms with E-state index in [1.54, 1.807) is 6.20 Å². The molecule has 0 saturated carbocycles. The highest BCUT2D eigenvalue weighted by Crippen LogP contribution is 2.42. The van der Waals surface area contributed by atoms with E-state index < -0.39 is 0 Å². The van der Waals surface area contributed by atoms with Gasteiger partial charge in [0.05, 0.1) is 11.4 Å². The van der Waals surface area contributed by atoms with Gasteiger partial charge >= 0.3 is 0 Å². The Morgan fingerprint density at radius 3 is 2.15 bits per heavy atom. The normalized spacial score (nSPS) is 11.9. The Morgan fingerprint density at radius 1 is 0.735 bits per heavy atom. The maximum atomic E-state index is 11.3. The number of nitrogens with zero attached hydrogens (tertiary/aromatic N) is 2. The van der Waals surface area contributed by atoms with Crippen molar-refractivity contribution in [1.29, 1.82) is 0 Å². The maximum absolute atomic E-state index is 11.3. The molecular weight excluding hydrogens is 420 g/mol. The van der Waals surface area contributed by atoms with Gasteiger partial charge in [0.25, 0.3) is 0 Å². The molecule has 0 fully saturated rings.